The van der Waals surface area contributed by atoms with Crippen molar-refractivity contribution in [1.82, 2.24) is 0 Å². The Labute approximate surface area is 217 Å². The molecule has 1 aliphatic rings. The fourth-order valence-corrected chi connectivity index (χ4v) is 5.15. The molecule has 1 N–H and O–H groups in total. The van der Waals surface area contributed by atoms with Crippen LogP contribution in [0.1, 0.15) is 122 Å². The predicted molar refractivity (Wildman–Crippen MR) is 143 cm³/mol. The lowest BCUT2D eigenvalue weighted by Crippen LogP contribution is -3.00. The maximum atomic E-state index is 11.0. The molecule has 0 aliphatic carbocycles. The van der Waals surface area contributed by atoms with Gasteiger partial charge in [-0.15, -0.1) is 0 Å². The molecular weight excluding hydrogens is 440 g/mol. The molecule has 2 rings (SSSR count). The van der Waals surface area contributed by atoms with Crippen LogP contribution in [0.3, 0.4) is 0 Å². The standard InChI is InChI=1S/C30H53N2O.ClH/c1-28(2)20-16-13-11-9-7-5-3-4-6-8-10-12-14-19-23-30(33)32(25-24-31-27-32)26-29-21-17-15-18-22-29;/h15,17-18,21-22,27-28,30,33H,3-14,16,19-20,23-26H2,1-2H3;1H/q+1;/p-1. The molecule has 0 amide bonds. The van der Waals surface area contributed by atoms with E-state index in [1.54, 1.807) is 0 Å². The Bertz CT molecular complexity index is 621. The highest BCUT2D eigenvalue weighted by Gasteiger charge is 2.37. The first-order valence-electron chi connectivity index (χ1n) is 14.2. The van der Waals surface area contributed by atoms with E-state index in [4.69, 9.17) is 0 Å². The van der Waals surface area contributed by atoms with Gasteiger partial charge in [0.2, 0.25) is 0 Å². The van der Waals surface area contributed by atoms with E-state index in [1.807, 2.05) is 6.34 Å². The topological polar surface area (TPSA) is 32.6 Å². The average Bonchev–Trinajstić information content (AvgIpc) is 3.29. The van der Waals surface area contributed by atoms with Crippen molar-refractivity contribution in [3.63, 3.8) is 0 Å². The Kier molecular flexibility index (Phi) is 17.7. The molecule has 196 valence electrons. The highest BCUT2D eigenvalue weighted by Crippen LogP contribution is 2.23. The van der Waals surface area contributed by atoms with Gasteiger partial charge < -0.3 is 17.5 Å². The second kappa shape index (κ2) is 19.3. The van der Waals surface area contributed by atoms with Gasteiger partial charge >= 0.3 is 0 Å². The number of aliphatic hydroxyl groups excluding tert-OH is 1. The summed E-state index contributed by atoms with van der Waals surface area (Å²) in [4.78, 5) is 4.47. The zero-order chi connectivity index (χ0) is 23.6. The van der Waals surface area contributed by atoms with Crippen LogP contribution in [-0.2, 0) is 6.54 Å². The summed E-state index contributed by atoms with van der Waals surface area (Å²) in [6, 6.07) is 10.5. The SMILES string of the molecule is CC(C)CCCCCCCCCCCCCCCCC(O)[N+]1(Cc2ccccc2)C=NCC1.[Cl-]. The van der Waals surface area contributed by atoms with Crippen molar-refractivity contribution < 1.29 is 22.0 Å². The lowest BCUT2D eigenvalue weighted by atomic mass is 10.0. The maximum Gasteiger partial charge on any atom is 0.196 e. The monoisotopic (exact) mass is 492 g/mol. The minimum absolute atomic E-state index is 0. The van der Waals surface area contributed by atoms with Crippen molar-refractivity contribution in [2.24, 2.45) is 10.9 Å². The fourth-order valence-electron chi connectivity index (χ4n) is 5.15. The molecule has 0 spiro atoms. The van der Waals surface area contributed by atoms with Crippen LogP contribution >= 0.6 is 0 Å². The molecule has 2 unspecified atom stereocenters. The number of quaternary nitrogens is 1. The van der Waals surface area contributed by atoms with Gasteiger partial charge in [0, 0.05) is 12.0 Å². The van der Waals surface area contributed by atoms with E-state index in [0.29, 0.717) is 4.48 Å². The minimum atomic E-state index is -0.327. The van der Waals surface area contributed by atoms with Crippen LogP contribution in [0.25, 0.3) is 0 Å². The second-order valence-electron chi connectivity index (χ2n) is 10.9. The molecule has 0 aromatic heterocycles. The summed E-state index contributed by atoms with van der Waals surface area (Å²) in [5.74, 6) is 0.875. The molecule has 0 fully saturated rings. The fraction of sp³-hybridized carbons (Fsp3) is 0.767. The van der Waals surface area contributed by atoms with Crippen LogP contribution in [0, 0.1) is 5.92 Å². The van der Waals surface area contributed by atoms with Crippen molar-refractivity contribution in [2.75, 3.05) is 13.1 Å². The zero-order valence-corrected chi connectivity index (χ0v) is 23.0. The Morgan fingerprint density at radius 2 is 1.21 bits per heavy atom. The summed E-state index contributed by atoms with van der Waals surface area (Å²) >= 11 is 0. The van der Waals surface area contributed by atoms with Crippen LogP contribution in [-0.4, -0.2) is 35.2 Å². The lowest BCUT2D eigenvalue weighted by Gasteiger charge is -2.35. The molecule has 0 saturated heterocycles. The lowest BCUT2D eigenvalue weighted by molar-refractivity contribution is -0.892. The summed E-state index contributed by atoms with van der Waals surface area (Å²) in [5.41, 5.74) is 1.28. The van der Waals surface area contributed by atoms with Crippen molar-refractivity contribution in [1.29, 1.82) is 0 Å². The van der Waals surface area contributed by atoms with Crippen LogP contribution in [0.4, 0.5) is 0 Å². The van der Waals surface area contributed by atoms with Crippen molar-refractivity contribution in [3.8, 4) is 0 Å². The largest absolute Gasteiger partial charge is 1.00 e. The number of hydrogen-bond donors (Lipinski definition) is 1. The van der Waals surface area contributed by atoms with Crippen molar-refractivity contribution in [2.45, 2.75) is 129 Å². The highest BCUT2D eigenvalue weighted by molar-refractivity contribution is 5.48. The molecule has 0 saturated carbocycles. The van der Waals surface area contributed by atoms with Crippen molar-refractivity contribution >= 4 is 6.34 Å². The summed E-state index contributed by atoms with van der Waals surface area (Å²) < 4.78 is 0.613. The number of benzene rings is 1. The number of aliphatic imine (C=N–C) groups is 1. The van der Waals surface area contributed by atoms with Crippen LogP contribution in [0.5, 0.6) is 0 Å². The van der Waals surface area contributed by atoms with Gasteiger partial charge in [-0.1, -0.05) is 134 Å². The Morgan fingerprint density at radius 1 is 0.735 bits per heavy atom. The molecule has 34 heavy (non-hydrogen) atoms. The molecule has 2 atom stereocenters. The molecule has 4 heteroatoms. The first-order valence-corrected chi connectivity index (χ1v) is 14.2. The predicted octanol–water partition coefficient (Wildman–Crippen LogP) is 5.27. The number of rotatable bonds is 20. The van der Waals surface area contributed by atoms with E-state index in [2.05, 4.69) is 49.2 Å². The third-order valence-electron chi connectivity index (χ3n) is 7.36. The summed E-state index contributed by atoms with van der Waals surface area (Å²) in [6.45, 7) is 7.28. The molecule has 0 radical (unpaired) electrons. The molecule has 1 heterocycles. The van der Waals surface area contributed by atoms with Gasteiger partial charge in [0.05, 0.1) is 6.54 Å². The van der Waals surface area contributed by atoms with E-state index in [0.717, 1.165) is 38.4 Å². The van der Waals surface area contributed by atoms with Crippen LogP contribution < -0.4 is 12.4 Å². The molecule has 0 bridgehead atoms. The van der Waals surface area contributed by atoms with E-state index in [1.165, 1.54) is 95.5 Å². The van der Waals surface area contributed by atoms with Gasteiger partial charge in [-0.05, 0) is 12.3 Å². The number of nitrogens with zero attached hydrogens (tertiary/aromatic N) is 2. The second-order valence-corrected chi connectivity index (χ2v) is 10.9. The van der Waals surface area contributed by atoms with Crippen molar-refractivity contribution in [3.05, 3.63) is 35.9 Å². The molecule has 3 nitrogen and oxygen atoms in total. The maximum absolute atomic E-state index is 11.0. The van der Waals surface area contributed by atoms with Crippen LogP contribution in [0.15, 0.2) is 35.3 Å². The van der Waals surface area contributed by atoms with Gasteiger partial charge in [0.15, 0.2) is 12.6 Å². The molecule has 1 aromatic carbocycles. The third-order valence-corrected chi connectivity index (χ3v) is 7.36. The zero-order valence-electron chi connectivity index (χ0n) is 22.3. The number of halogens is 1. The van der Waals surface area contributed by atoms with E-state index in [-0.39, 0.29) is 18.6 Å². The normalized spacial score (nSPS) is 18.4. The first kappa shape index (κ1) is 31.1. The average molecular weight is 493 g/mol. The summed E-state index contributed by atoms with van der Waals surface area (Å²) in [6.07, 6.45) is 23.3. The number of hydrogen-bond acceptors (Lipinski definition) is 2. The van der Waals surface area contributed by atoms with Gasteiger partial charge in [-0.25, -0.2) is 4.99 Å². The van der Waals surface area contributed by atoms with Gasteiger partial charge in [0.1, 0.15) is 13.1 Å². The summed E-state index contributed by atoms with van der Waals surface area (Å²) in [7, 11) is 0. The molecule has 1 aromatic rings. The van der Waals surface area contributed by atoms with Crippen LogP contribution in [0.2, 0.25) is 0 Å². The summed E-state index contributed by atoms with van der Waals surface area (Å²) in [5, 5.41) is 11.0. The quantitative estimate of drug-likeness (QED) is 0.195. The Morgan fingerprint density at radius 3 is 1.65 bits per heavy atom. The number of unbranched alkanes of at least 4 members (excludes halogenated alkanes) is 13. The van der Waals surface area contributed by atoms with Gasteiger partial charge in [0.25, 0.3) is 0 Å². The number of aliphatic hydroxyl groups is 1. The van der Waals surface area contributed by atoms with Gasteiger partial charge in [-0.2, -0.15) is 0 Å². The first-order chi connectivity index (χ1) is 16.1. The highest BCUT2D eigenvalue weighted by atomic mass is 35.5. The Hall–Kier alpha value is -0.900. The van der Waals surface area contributed by atoms with E-state index >= 15 is 0 Å². The molecular formula is C30H53ClN2O. The third kappa shape index (κ3) is 13.3. The van der Waals surface area contributed by atoms with Gasteiger partial charge in [-0.3, -0.25) is 4.48 Å². The minimum Gasteiger partial charge on any atom is -1.00 e. The van der Waals surface area contributed by atoms with E-state index < -0.39 is 0 Å². The molecule has 1 aliphatic heterocycles. The smallest absolute Gasteiger partial charge is 0.196 e. The Balaban J connectivity index is 0.00000578. The van der Waals surface area contributed by atoms with E-state index in [9.17, 15) is 5.11 Å².